The van der Waals surface area contributed by atoms with Gasteiger partial charge in [0.2, 0.25) is 0 Å². The molecule has 31 heavy (non-hydrogen) atoms. The molecule has 0 fully saturated rings. The van der Waals surface area contributed by atoms with E-state index in [2.05, 4.69) is 15.2 Å². The molecular formula is C21H23N3O4S3. The van der Waals surface area contributed by atoms with E-state index in [4.69, 9.17) is 9.47 Å². The van der Waals surface area contributed by atoms with Crippen LogP contribution in [0, 0.1) is 13.8 Å². The zero-order chi connectivity index (χ0) is 22.4. The minimum Gasteiger partial charge on any atom is -0.497 e. The number of hydrogen-bond acceptors (Lipinski definition) is 9. The first-order chi connectivity index (χ1) is 14.9. The van der Waals surface area contributed by atoms with Gasteiger partial charge in [-0.1, -0.05) is 47.0 Å². The number of benzene rings is 1. The highest BCUT2D eigenvalue weighted by molar-refractivity contribution is 8.03. The van der Waals surface area contributed by atoms with Crippen molar-refractivity contribution < 1.29 is 19.1 Å². The molecular weight excluding hydrogens is 454 g/mol. The van der Waals surface area contributed by atoms with E-state index in [1.54, 1.807) is 39.6 Å². The summed E-state index contributed by atoms with van der Waals surface area (Å²) in [6, 6.07) is 7.91. The van der Waals surface area contributed by atoms with Crippen LogP contribution in [0.4, 0.5) is 0 Å². The number of aryl methyl sites for hydroxylation is 1. The minimum atomic E-state index is -0.447. The molecule has 3 rings (SSSR count). The van der Waals surface area contributed by atoms with E-state index in [1.165, 1.54) is 28.7 Å². The number of ether oxygens (including phenoxy) is 2. The molecule has 0 aliphatic carbocycles. The topological polar surface area (TPSA) is 94.2 Å². The number of Topliss-reactive ketones (excluding diaryl/α,β-unsaturated/α-hetero) is 1. The van der Waals surface area contributed by atoms with Gasteiger partial charge in [0, 0.05) is 17.0 Å². The zero-order valence-corrected chi connectivity index (χ0v) is 20.1. The summed E-state index contributed by atoms with van der Waals surface area (Å²) in [6.07, 6.45) is 0. The Bertz CT molecular complexity index is 1060. The lowest BCUT2D eigenvalue weighted by Crippen LogP contribution is -2.08. The summed E-state index contributed by atoms with van der Waals surface area (Å²) < 4.78 is 11.8. The molecule has 0 unspecified atom stereocenters. The number of ketones is 1. The molecule has 0 amide bonds. The van der Waals surface area contributed by atoms with Crippen molar-refractivity contribution in [1.82, 2.24) is 15.2 Å². The van der Waals surface area contributed by atoms with E-state index in [9.17, 15) is 9.59 Å². The van der Waals surface area contributed by atoms with Crippen LogP contribution in [-0.4, -0.2) is 46.4 Å². The van der Waals surface area contributed by atoms with Crippen LogP contribution in [0.3, 0.4) is 0 Å². The third-order valence-corrected chi connectivity index (χ3v) is 7.69. The maximum atomic E-state index is 12.8. The number of esters is 1. The molecule has 0 bridgehead atoms. The molecule has 3 aromatic rings. The molecule has 1 aromatic carbocycles. The van der Waals surface area contributed by atoms with Gasteiger partial charge in [-0.05, 0) is 44.0 Å². The van der Waals surface area contributed by atoms with Gasteiger partial charge < -0.3 is 14.5 Å². The predicted octanol–water partition coefficient (Wildman–Crippen LogP) is 4.94. The molecule has 0 atom stereocenters. The summed E-state index contributed by atoms with van der Waals surface area (Å²) in [5.74, 6) is 1.32. The monoisotopic (exact) mass is 477 g/mol. The SMILES string of the molecule is CCOC(=O)c1[nH]c(C)c(C(=O)CSc2nnc(SCc3ccc(OC)cc3)s2)c1C. The molecule has 1 N–H and O–H groups in total. The highest BCUT2D eigenvalue weighted by Gasteiger charge is 2.23. The van der Waals surface area contributed by atoms with Gasteiger partial charge in [0.05, 0.1) is 19.5 Å². The molecule has 10 heteroatoms. The van der Waals surface area contributed by atoms with Crippen LogP contribution in [0.25, 0.3) is 0 Å². The summed E-state index contributed by atoms with van der Waals surface area (Å²) in [5, 5.41) is 8.39. The summed E-state index contributed by atoms with van der Waals surface area (Å²) in [5.41, 5.74) is 3.32. The van der Waals surface area contributed by atoms with Gasteiger partial charge in [0.25, 0.3) is 0 Å². The van der Waals surface area contributed by atoms with E-state index in [0.29, 0.717) is 22.5 Å². The lowest BCUT2D eigenvalue weighted by Gasteiger charge is -2.02. The lowest BCUT2D eigenvalue weighted by atomic mass is 10.1. The molecule has 0 aliphatic heterocycles. The first-order valence-corrected chi connectivity index (χ1v) is 12.3. The van der Waals surface area contributed by atoms with E-state index in [-0.39, 0.29) is 18.1 Å². The van der Waals surface area contributed by atoms with Gasteiger partial charge >= 0.3 is 5.97 Å². The van der Waals surface area contributed by atoms with Crippen molar-refractivity contribution in [2.45, 2.75) is 35.2 Å². The number of aromatic nitrogens is 3. The average molecular weight is 478 g/mol. The second kappa shape index (κ2) is 10.8. The van der Waals surface area contributed by atoms with Crippen LogP contribution in [0.2, 0.25) is 0 Å². The fraction of sp³-hybridized carbons (Fsp3) is 0.333. The molecule has 0 saturated carbocycles. The third kappa shape index (κ3) is 5.90. The van der Waals surface area contributed by atoms with Crippen LogP contribution >= 0.6 is 34.9 Å². The molecule has 7 nitrogen and oxygen atoms in total. The average Bonchev–Trinajstić information content (AvgIpc) is 3.34. The van der Waals surface area contributed by atoms with Crippen LogP contribution in [0.1, 0.15) is 44.6 Å². The van der Waals surface area contributed by atoms with Gasteiger partial charge in [0.15, 0.2) is 14.5 Å². The fourth-order valence-electron chi connectivity index (χ4n) is 2.96. The van der Waals surface area contributed by atoms with Crippen molar-refractivity contribution in [2.75, 3.05) is 19.5 Å². The maximum absolute atomic E-state index is 12.8. The Morgan fingerprint density at radius 3 is 2.42 bits per heavy atom. The fourth-order valence-corrected chi connectivity index (χ4v) is 5.80. The standard InChI is InChI=1S/C21H23N3O4S3/c1-5-28-19(26)18-12(2)17(13(3)22-18)16(25)11-30-21-24-23-20(31-21)29-10-14-6-8-15(27-4)9-7-14/h6-9,22H,5,10-11H2,1-4H3. The van der Waals surface area contributed by atoms with Crippen molar-refractivity contribution in [1.29, 1.82) is 0 Å². The molecule has 164 valence electrons. The largest absolute Gasteiger partial charge is 0.497 e. The smallest absolute Gasteiger partial charge is 0.355 e. The Balaban J connectivity index is 1.56. The van der Waals surface area contributed by atoms with Crippen LogP contribution < -0.4 is 4.74 Å². The van der Waals surface area contributed by atoms with Gasteiger partial charge in [0.1, 0.15) is 11.4 Å². The lowest BCUT2D eigenvalue weighted by molar-refractivity contribution is 0.0519. The molecule has 0 spiro atoms. The van der Waals surface area contributed by atoms with Crippen molar-refractivity contribution in [2.24, 2.45) is 0 Å². The number of carbonyl (C=O) groups excluding carboxylic acids is 2. The number of thioether (sulfide) groups is 2. The number of methoxy groups -OCH3 is 1. The summed E-state index contributed by atoms with van der Waals surface area (Å²) >= 11 is 4.42. The Morgan fingerprint density at radius 2 is 1.77 bits per heavy atom. The van der Waals surface area contributed by atoms with Crippen molar-refractivity contribution in [3.8, 4) is 5.75 Å². The number of carbonyl (C=O) groups is 2. The molecule has 2 aromatic heterocycles. The number of aromatic amines is 1. The molecule has 0 radical (unpaired) electrons. The van der Waals surface area contributed by atoms with Gasteiger partial charge in [-0.15, -0.1) is 10.2 Å². The van der Waals surface area contributed by atoms with E-state index in [1.807, 2.05) is 24.3 Å². The Hall–Kier alpha value is -2.30. The third-order valence-electron chi connectivity index (χ3n) is 4.43. The van der Waals surface area contributed by atoms with Crippen LogP contribution in [-0.2, 0) is 10.5 Å². The normalized spacial score (nSPS) is 10.8. The summed E-state index contributed by atoms with van der Waals surface area (Å²) in [4.78, 5) is 27.8. The summed E-state index contributed by atoms with van der Waals surface area (Å²) in [6.45, 7) is 5.57. The van der Waals surface area contributed by atoms with Crippen LogP contribution in [0.5, 0.6) is 5.75 Å². The minimum absolute atomic E-state index is 0.0607. The van der Waals surface area contributed by atoms with Crippen molar-refractivity contribution in [3.05, 3.63) is 52.3 Å². The highest BCUT2D eigenvalue weighted by Crippen LogP contribution is 2.32. The van der Waals surface area contributed by atoms with Gasteiger partial charge in [-0.2, -0.15) is 0 Å². The number of nitrogens with one attached hydrogen (secondary N) is 1. The van der Waals surface area contributed by atoms with Gasteiger partial charge in [-0.3, -0.25) is 4.79 Å². The molecule has 0 saturated heterocycles. The number of H-pyrrole nitrogens is 1. The number of hydrogen-bond donors (Lipinski definition) is 1. The van der Waals surface area contributed by atoms with E-state index in [0.717, 1.165) is 20.2 Å². The predicted molar refractivity (Wildman–Crippen MR) is 124 cm³/mol. The Morgan fingerprint density at radius 1 is 1.10 bits per heavy atom. The first-order valence-electron chi connectivity index (χ1n) is 9.54. The zero-order valence-electron chi connectivity index (χ0n) is 17.7. The second-order valence-electron chi connectivity index (χ2n) is 6.53. The van der Waals surface area contributed by atoms with E-state index >= 15 is 0 Å². The maximum Gasteiger partial charge on any atom is 0.355 e. The first kappa shape index (κ1) is 23.4. The van der Waals surface area contributed by atoms with Crippen molar-refractivity contribution in [3.63, 3.8) is 0 Å². The Labute approximate surface area is 193 Å². The number of rotatable bonds is 10. The second-order valence-corrected chi connectivity index (χ2v) is 9.95. The number of nitrogens with zero attached hydrogens (tertiary/aromatic N) is 2. The summed E-state index contributed by atoms with van der Waals surface area (Å²) in [7, 11) is 1.65. The molecule has 0 aliphatic rings. The Kier molecular flexibility index (Phi) is 8.16. The van der Waals surface area contributed by atoms with Crippen molar-refractivity contribution >= 4 is 46.6 Å². The molecule has 2 heterocycles. The van der Waals surface area contributed by atoms with E-state index < -0.39 is 5.97 Å². The highest BCUT2D eigenvalue weighted by atomic mass is 32.2. The quantitative estimate of drug-likeness (QED) is 0.249. The van der Waals surface area contributed by atoms with Gasteiger partial charge in [-0.25, -0.2) is 4.79 Å². The van der Waals surface area contributed by atoms with Crippen LogP contribution in [0.15, 0.2) is 32.9 Å².